The Morgan fingerprint density at radius 2 is 2.45 bits per heavy atom. The number of fused-ring (bicyclic) bond motifs is 1. The number of aryl methyl sites for hydroxylation is 2. The van der Waals surface area contributed by atoms with Crippen LogP contribution in [0.5, 0.6) is 0 Å². The summed E-state index contributed by atoms with van der Waals surface area (Å²) >= 11 is 0. The maximum Gasteiger partial charge on any atom is 0.0987 e. The van der Waals surface area contributed by atoms with Gasteiger partial charge in [0.05, 0.1) is 17.6 Å². The van der Waals surface area contributed by atoms with Crippen LogP contribution in [0, 0.1) is 6.92 Å². The summed E-state index contributed by atoms with van der Waals surface area (Å²) in [6.45, 7) is 2.87. The largest absolute Gasteiger partial charge is 0.311 e. The van der Waals surface area contributed by atoms with E-state index in [4.69, 9.17) is 5.73 Å². The third-order valence-corrected chi connectivity index (χ3v) is 2.19. The topological polar surface area (TPSA) is 55.9 Å². The van der Waals surface area contributed by atoms with Gasteiger partial charge in [0.2, 0.25) is 0 Å². The lowest BCUT2D eigenvalue weighted by atomic mass is 10.2. The summed E-state index contributed by atoms with van der Waals surface area (Å²) in [6.07, 6.45) is -0.0313. The minimum Gasteiger partial charge on any atom is -0.311 e. The van der Waals surface area contributed by atoms with Crippen molar-refractivity contribution >= 4 is 0 Å². The SMILES string of the molecule is Cc1nn(C)c2c1CNC2N. The van der Waals surface area contributed by atoms with E-state index in [1.165, 1.54) is 5.56 Å². The first kappa shape index (κ1) is 6.82. The molecule has 0 saturated carbocycles. The summed E-state index contributed by atoms with van der Waals surface area (Å²) in [5.74, 6) is 0. The molecule has 1 aliphatic rings. The molecule has 0 spiro atoms. The van der Waals surface area contributed by atoms with E-state index in [9.17, 15) is 0 Å². The van der Waals surface area contributed by atoms with Crippen LogP contribution in [0.15, 0.2) is 0 Å². The lowest BCUT2D eigenvalue weighted by Gasteiger charge is -2.04. The van der Waals surface area contributed by atoms with E-state index in [2.05, 4.69) is 10.4 Å². The highest BCUT2D eigenvalue weighted by Gasteiger charge is 2.24. The quantitative estimate of drug-likeness (QED) is 0.541. The van der Waals surface area contributed by atoms with E-state index >= 15 is 0 Å². The van der Waals surface area contributed by atoms with E-state index in [0.29, 0.717) is 0 Å². The van der Waals surface area contributed by atoms with Gasteiger partial charge in [0, 0.05) is 19.2 Å². The molecule has 1 atom stereocenters. The molecule has 4 nitrogen and oxygen atoms in total. The van der Waals surface area contributed by atoms with Crippen molar-refractivity contribution in [3.8, 4) is 0 Å². The highest BCUT2D eigenvalue weighted by Crippen LogP contribution is 2.23. The predicted molar refractivity (Wildman–Crippen MR) is 41.7 cm³/mol. The molecule has 3 N–H and O–H groups in total. The second-order valence-electron chi connectivity index (χ2n) is 2.93. The van der Waals surface area contributed by atoms with Crippen LogP contribution in [0.25, 0.3) is 0 Å². The van der Waals surface area contributed by atoms with Crippen molar-refractivity contribution in [1.82, 2.24) is 15.1 Å². The van der Waals surface area contributed by atoms with E-state index < -0.39 is 0 Å². The van der Waals surface area contributed by atoms with Crippen LogP contribution in [-0.2, 0) is 13.6 Å². The lowest BCUT2D eigenvalue weighted by molar-refractivity contribution is 0.553. The van der Waals surface area contributed by atoms with Crippen molar-refractivity contribution in [1.29, 1.82) is 0 Å². The fourth-order valence-electron chi connectivity index (χ4n) is 1.64. The van der Waals surface area contributed by atoms with Gasteiger partial charge >= 0.3 is 0 Å². The van der Waals surface area contributed by atoms with Crippen LogP contribution in [0.2, 0.25) is 0 Å². The van der Waals surface area contributed by atoms with Gasteiger partial charge in [0.15, 0.2) is 0 Å². The molecule has 1 aromatic rings. The molecule has 0 amide bonds. The highest BCUT2D eigenvalue weighted by atomic mass is 15.3. The summed E-state index contributed by atoms with van der Waals surface area (Å²) in [4.78, 5) is 0. The van der Waals surface area contributed by atoms with Gasteiger partial charge in [0.25, 0.3) is 0 Å². The molecule has 0 saturated heterocycles. The first-order chi connectivity index (χ1) is 5.20. The molecule has 1 unspecified atom stereocenters. The minimum absolute atomic E-state index is 0.0313. The standard InChI is InChI=1S/C7H12N4/c1-4-5-3-9-7(8)6(5)11(2)10-4/h7,9H,3,8H2,1-2H3. The molecule has 0 bridgehead atoms. The number of nitrogens with two attached hydrogens (primary N) is 1. The predicted octanol–water partition coefficient (Wildman–Crippen LogP) is -0.211. The molecular formula is C7H12N4. The van der Waals surface area contributed by atoms with Crippen LogP contribution in [-0.4, -0.2) is 9.78 Å². The molecule has 4 heteroatoms. The maximum atomic E-state index is 5.79. The van der Waals surface area contributed by atoms with Gasteiger partial charge < -0.3 is 5.73 Å². The Hall–Kier alpha value is -0.870. The Labute approximate surface area is 65.4 Å². The molecule has 1 aliphatic heterocycles. The molecule has 2 rings (SSSR count). The third-order valence-electron chi connectivity index (χ3n) is 2.19. The fraction of sp³-hybridized carbons (Fsp3) is 0.571. The number of aromatic nitrogens is 2. The number of rotatable bonds is 0. The monoisotopic (exact) mass is 152 g/mol. The zero-order valence-corrected chi connectivity index (χ0v) is 6.76. The van der Waals surface area contributed by atoms with Gasteiger partial charge in [-0.25, -0.2) is 0 Å². The Morgan fingerprint density at radius 1 is 1.73 bits per heavy atom. The van der Waals surface area contributed by atoms with Crippen molar-refractivity contribution in [2.45, 2.75) is 19.6 Å². The Kier molecular flexibility index (Phi) is 1.27. The molecular weight excluding hydrogens is 140 g/mol. The zero-order chi connectivity index (χ0) is 8.01. The van der Waals surface area contributed by atoms with Crippen molar-refractivity contribution in [2.24, 2.45) is 12.8 Å². The number of nitrogens with zero attached hydrogens (tertiary/aromatic N) is 2. The maximum absolute atomic E-state index is 5.79. The summed E-state index contributed by atoms with van der Waals surface area (Å²) < 4.78 is 1.86. The van der Waals surface area contributed by atoms with Crippen molar-refractivity contribution in [3.63, 3.8) is 0 Å². The summed E-state index contributed by atoms with van der Waals surface area (Å²) in [5.41, 5.74) is 9.27. The molecule has 11 heavy (non-hydrogen) atoms. The van der Waals surface area contributed by atoms with Crippen LogP contribution in [0.3, 0.4) is 0 Å². The van der Waals surface area contributed by atoms with Gasteiger partial charge in [-0.1, -0.05) is 0 Å². The summed E-state index contributed by atoms with van der Waals surface area (Å²) in [5, 5.41) is 7.44. The van der Waals surface area contributed by atoms with Crippen LogP contribution >= 0.6 is 0 Å². The Morgan fingerprint density at radius 3 is 3.09 bits per heavy atom. The first-order valence-corrected chi connectivity index (χ1v) is 3.71. The fourth-order valence-corrected chi connectivity index (χ4v) is 1.64. The van der Waals surface area contributed by atoms with Crippen molar-refractivity contribution in [3.05, 3.63) is 17.0 Å². The van der Waals surface area contributed by atoms with Gasteiger partial charge in [-0.15, -0.1) is 0 Å². The first-order valence-electron chi connectivity index (χ1n) is 3.71. The Bertz CT molecular complexity index is 289. The summed E-state index contributed by atoms with van der Waals surface area (Å²) in [6, 6.07) is 0. The number of hydrogen-bond acceptors (Lipinski definition) is 3. The molecule has 0 aromatic carbocycles. The van der Waals surface area contributed by atoms with Crippen molar-refractivity contribution in [2.75, 3.05) is 0 Å². The second-order valence-corrected chi connectivity index (χ2v) is 2.93. The molecule has 0 radical (unpaired) electrons. The zero-order valence-electron chi connectivity index (χ0n) is 6.76. The molecule has 2 heterocycles. The minimum atomic E-state index is -0.0313. The summed E-state index contributed by atoms with van der Waals surface area (Å²) in [7, 11) is 1.93. The van der Waals surface area contributed by atoms with E-state index in [1.54, 1.807) is 0 Å². The highest BCUT2D eigenvalue weighted by molar-refractivity contribution is 5.31. The molecule has 60 valence electrons. The van der Waals surface area contributed by atoms with Crippen LogP contribution in [0.1, 0.15) is 23.1 Å². The van der Waals surface area contributed by atoms with E-state index in [1.807, 2.05) is 18.7 Å². The Balaban J connectivity index is 2.60. The van der Waals surface area contributed by atoms with Gasteiger partial charge in [-0.3, -0.25) is 10.00 Å². The van der Waals surface area contributed by atoms with Gasteiger partial charge in [-0.05, 0) is 6.92 Å². The smallest absolute Gasteiger partial charge is 0.0987 e. The second kappa shape index (κ2) is 2.06. The number of hydrogen-bond donors (Lipinski definition) is 2. The molecule has 0 fully saturated rings. The third kappa shape index (κ3) is 0.797. The van der Waals surface area contributed by atoms with Gasteiger partial charge in [-0.2, -0.15) is 5.10 Å². The van der Waals surface area contributed by atoms with Crippen LogP contribution < -0.4 is 11.1 Å². The number of nitrogens with one attached hydrogen (secondary N) is 1. The normalized spacial score (nSPS) is 22.3. The van der Waals surface area contributed by atoms with E-state index in [0.717, 1.165) is 17.9 Å². The lowest BCUT2D eigenvalue weighted by Crippen LogP contribution is -2.23. The molecule has 1 aromatic heterocycles. The average molecular weight is 152 g/mol. The van der Waals surface area contributed by atoms with Gasteiger partial charge in [0.1, 0.15) is 0 Å². The average Bonchev–Trinajstić information content (AvgIpc) is 2.41. The van der Waals surface area contributed by atoms with Crippen LogP contribution in [0.4, 0.5) is 0 Å². The van der Waals surface area contributed by atoms with E-state index in [-0.39, 0.29) is 6.17 Å². The molecule has 0 aliphatic carbocycles. The van der Waals surface area contributed by atoms with Crippen molar-refractivity contribution < 1.29 is 0 Å².